The van der Waals surface area contributed by atoms with Crippen molar-refractivity contribution in [3.8, 4) is 0 Å². The molecule has 1 aromatic heterocycles. The van der Waals surface area contributed by atoms with Crippen LogP contribution >= 0.6 is 35.6 Å². The van der Waals surface area contributed by atoms with Crippen molar-refractivity contribution in [1.82, 2.24) is 10.1 Å². The normalized spacial score (nSPS) is 25.2. The lowest BCUT2D eigenvalue weighted by Gasteiger charge is -2.34. The van der Waals surface area contributed by atoms with Crippen molar-refractivity contribution in [2.24, 2.45) is 5.73 Å². The van der Waals surface area contributed by atoms with Crippen LogP contribution in [0, 0.1) is 0 Å². The number of hydrogen-bond donors (Lipinski definition) is 1. The highest BCUT2D eigenvalue weighted by molar-refractivity contribution is 6.35. The number of halogens is 3. The highest BCUT2D eigenvalue weighted by Crippen LogP contribution is 2.56. The summed E-state index contributed by atoms with van der Waals surface area (Å²) in [6.45, 7) is 0. The van der Waals surface area contributed by atoms with Gasteiger partial charge in [-0.05, 0) is 49.3 Å². The van der Waals surface area contributed by atoms with Crippen molar-refractivity contribution < 1.29 is 4.52 Å². The molecule has 2 fully saturated rings. The molecule has 0 radical (unpaired) electrons. The van der Waals surface area contributed by atoms with Crippen LogP contribution in [0.2, 0.25) is 10.0 Å². The van der Waals surface area contributed by atoms with Crippen molar-refractivity contribution >= 4 is 35.6 Å². The minimum absolute atomic E-state index is 0. The Morgan fingerprint density at radius 2 is 2.00 bits per heavy atom. The van der Waals surface area contributed by atoms with Crippen molar-refractivity contribution in [1.29, 1.82) is 0 Å². The van der Waals surface area contributed by atoms with Crippen LogP contribution in [0.25, 0.3) is 0 Å². The van der Waals surface area contributed by atoms with E-state index in [0.717, 1.165) is 31.2 Å². The zero-order valence-electron chi connectivity index (χ0n) is 11.8. The van der Waals surface area contributed by atoms with Crippen LogP contribution in [0.5, 0.6) is 0 Å². The van der Waals surface area contributed by atoms with Gasteiger partial charge in [0.15, 0.2) is 5.82 Å². The van der Waals surface area contributed by atoms with Gasteiger partial charge in [0.05, 0.1) is 5.54 Å². The molecule has 0 bridgehead atoms. The zero-order valence-corrected chi connectivity index (χ0v) is 14.1. The van der Waals surface area contributed by atoms with E-state index in [-0.39, 0.29) is 23.9 Å². The minimum atomic E-state index is -0.371. The van der Waals surface area contributed by atoms with Gasteiger partial charge in [0, 0.05) is 16.0 Å². The molecular weight excluding hydrogens is 345 g/mol. The fourth-order valence-corrected chi connectivity index (χ4v) is 3.53. The van der Waals surface area contributed by atoms with Gasteiger partial charge in [0.2, 0.25) is 5.89 Å². The van der Waals surface area contributed by atoms with E-state index < -0.39 is 0 Å². The summed E-state index contributed by atoms with van der Waals surface area (Å²) in [6, 6.07) is 5.61. The lowest BCUT2D eigenvalue weighted by molar-refractivity contribution is 0.229. The first kappa shape index (κ1) is 16.1. The standard InChI is InChI=1S/C15H15Cl2N3O.ClH/c16-8-2-3-9(12(17)6-8)10-7-11(10)13-19-14(20-21-13)15(18)4-1-5-15;/h2-3,6,10-11H,1,4-5,7,18H2;1H. The van der Waals surface area contributed by atoms with Gasteiger partial charge in [0.25, 0.3) is 0 Å². The summed E-state index contributed by atoms with van der Waals surface area (Å²) in [7, 11) is 0. The molecule has 2 atom stereocenters. The summed E-state index contributed by atoms with van der Waals surface area (Å²) >= 11 is 12.2. The molecule has 0 saturated heterocycles. The SMILES string of the molecule is Cl.NC1(c2noc(C3CC3c3ccc(Cl)cc3Cl)n2)CCC1. The average Bonchev–Trinajstić information content (AvgIpc) is 3.04. The second kappa shape index (κ2) is 5.68. The molecule has 2 aliphatic rings. The second-order valence-electron chi connectivity index (χ2n) is 6.08. The van der Waals surface area contributed by atoms with Crippen LogP contribution in [0.4, 0.5) is 0 Å². The molecule has 2 aliphatic carbocycles. The number of nitrogens with zero attached hydrogens (tertiary/aromatic N) is 2. The highest BCUT2D eigenvalue weighted by atomic mass is 35.5. The van der Waals surface area contributed by atoms with Gasteiger partial charge in [-0.1, -0.05) is 34.4 Å². The molecule has 118 valence electrons. The van der Waals surface area contributed by atoms with E-state index in [4.69, 9.17) is 33.5 Å². The Balaban J connectivity index is 0.00000144. The third-order valence-electron chi connectivity index (χ3n) is 4.60. The van der Waals surface area contributed by atoms with Gasteiger partial charge in [-0.25, -0.2) is 0 Å². The van der Waals surface area contributed by atoms with Gasteiger partial charge >= 0.3 is 0 Å². The molecule has 4 rings (SSSR count). The van der Waals surface area contributed by atoms with Crippen molar-refractivity contribution in [2.75, 3.05) is 0 Å². The van der Waals surface area contributed by atoms with Crippen LogP contribution in [0.1, 0.15) is 54.8 Å². The molecule has 7 heteroatoms. The molecular formula is C15H16Cl3N3O. The molecule has 22 heavy (non-hydrogen) atoms. The van der Waals surface area contributed by atoms with E-state index in [1.807, 2.05) is 12.1 Å². The lowest BCUT2D eigenvalue weighted by Crippen LogP contribution is -2.44. The summed E-state index contributed by atoms with van der Waals surface area (Å²) in [5, 5.41) is 5.42. The minimum Gasteiger partial charge on any atom is -0.339 e. The monoisotopic (exact) mass is 359 g/mol. The third kappa shape index (κ3) is 2.62. The fourth-order valence-electron chi connectivity index (χ4n) is 2.98. The molecule has 2 aromatic rings. The average molecular weight is 361 g/mol. The molecule has 0 spiro atoms. The van der Waals surface area contributed by atoms with E-state index in [1.165, 1.54) is 0 Å². The predicted octanol–water partition coefficient (Wildman–Crippen LogP) is 4.41. The number of nitrogens with two attached hydrogens (primary N) is 1. The Hall–Kier alpha value is -0.810. The summed E-state index contributed by atoms with van der Waals surface area (Å²) in [5.74, 6) is 1.90. The van der Waals surface area contributed by atoms with Gasteiger partial charge < -0.3 is 10.3 Å². The fraction of sp³-hybridized carbons (Fsp3) is 0.467. The maximum Gasteiger partial charge on any atom is 0.230 e. The maximum absolute atomic E-state index is 6.26. The number of benzene rings is 1. The van der Waals surface area contributed by atoms with Gasteiger partial charge in [0.1, 0.15) is 0 Å². The van der Waals surface area contributed by atoms with Crippen molar-refractivity contribution in [3.05, 3.63) is 45.5 Å². The van der Waals surface area contributed by atoms with E-state index in [9.17, 15) is 0 Å². The van der Waals surface area contributed by atoms with Crippen LogP contribution in [0.3, 0.4) is 0 Å². The molecule has 2 N–H and O–H groups in total. The molecule has 0 aliphatic heterocycles. The van der Waals surface area contributed by atoms with Gasteiger partial charge in [-0.3, -0.25) is 0 Å². The summed E-state index contributed by atoms with van der Waals surface area (Å²) in [4.78, 5) is 4.52. The van der Waals surface area contributed by atoms with Crippen LogP contribution in [-0.2, 0) is 5.54 Å². The van der Waals surface area contributed by atoms with E-state index in [0.29, 0.717) is 27.7 Å². The molecule has 2 saturated carbocycles. The summed E-state index contributed by atoms with van der Waals surface area (Å²) in [5.41, 5.74) is 6.95. The summed E-state index contributed by atoms with van der Waals surface area (Å²) in [6.07, 6.45) is 3.97. The summed E-state index contributed by atoms with van der Waals surface area (Å²) < 4.78 is 5.42. The van der Waals surface area contributed by atoms with Crippen LogP contribution in [-0.4, -0.2) is 10.1 Å². The first-order chi connectivity index (χ1) is 10.1. The van der Waals surface area contributed by atoms with Gasteiger partial charge in [-0.15, -0.1) is 12.4 Å². The zero-order chi connectivity index (χ0) is 14.6. The van der Waals surface area contributed by atoms with E-state index in [2.05, 4.69) is 10.1 Å². The Morgan fingerprint density at radius 1 is 1.23 bits per heavy atom. The molecule has 1 heterocycles. The van der Waals surface area contributed by atoms with Crippen molar-refractivity contribution in [3.63, 3.8) is 0 Å². The van der Waals surface area contributed by atoms with E-state index >= 15 is 0 Å². The Bertz CT molecular complexity index is 699. The topological polar surface area (TPSA) is 64.9 Å². The molecule has 2 unspecified atom stereocenters. The van der Waals surface area contributed by atoms with Gasteiger partial charge in [-0.2, -0.15) is 4.98 Å². The quantitative estimate of drug-likeness (QED) is 0.880. The molecule has 0 amide bonds. The maximum atomic E-state index is 6.26. The van der Waals surface area contributed by atoms with Crippen LogP contribution < -0.4 is 5.73 Å². The predicted molar refractivity (Wildman–Crippen MR) is 87.8 cm³/mol. The number of hydrogen-bond acceptors (Lipinski definition) is 4. The third-order valence-corrected chi connectivity index (χ3v) is 5.16. The lowest BCUT2D eigenvalue weighted by atomic mass is 9.77. The Labute approximate surface area is 144 Å². The second-order valence-corrected chi connectivity index (χ2v) is 6.92. The largest absolute Gasteiger partial charge is 0.339 e. The van der Waals surface area contributed by atoms with Crippen LogP contribution in [0.15, 0.2) is 22.7 Å². The Morgan fingerprint density at radius 3 is 2.64 bits per heavy atom. The van der Waals surface area contributed by atoms with E-state index in [1.54, 1.807) is 6.07 Å². The van der Waals surface area contributed by atoms with Crippen molar-refractivity contribution in [2.45, 2.75) is 43.1 Å². The Kier molecular flexibility index (Phi) is 4.14. The molecule has 1 aromatic carbocycles. The number of aromatic nitrogens is 2. The first-order valence-electron chi connectivity index (χ1n) is 7.15. The highest BCUT2D eigenvalue weighted by Gasteiger charge is 2.46. The smallest absolute Gasteiger partial charge is 0.230 e. The first-order valence-corrected chi connectivity index (χ1v) is 7.90. The molecule has 4 nitrogen and oxygen atoms in total. The number of rotatable bonds is 3.